The Morgan fingerprint density at radius 3 is 2.31 bits per heavy atom. The summed E-state index contributed by atoms with van der Waals surface area (Å²) in [4.78, 5) is 0. The molecule has 1 aliphatic rings. The van der Waals surface area contributed by atoms with Gasteiger partial charge in [-0.05, 0) is 60.7 Å². The number of ether oxygens (including phenoxy) is 2. The van der Waals surface area contributed by atoms with Gasteiger partial charge in [-0.3, -0.25) is 0 Å². The average Bonchev–Trinajstić information content (AvgIpc) is 2.67. The molecule has 3 aromatic rings. The summed E-state index contributed by atoms with van der Waals surface area (Å²) in [5.41, 5.74) is 6.39. The molecule has 0 unspecified atom stereocenters. The van der Waals surface area contributed by atoms with Crippen molar-refractivity contribution in [2.45, 2.75) is 32.3 Å². The average molecular weight is 344 g/mol. The summed E-state index contributed by atoms with van der Waals surface area (Å²) in [7, 11) is 1.71. The second-order valence-corrected chi connectivity index (χ2v) is 7.07. The molecular weight excluding hydrogens is 320 g/mol. The van der Waals surface area contributed by atoms with Crippen LogP contribution in [-0.4, -0.2) is 7.11 Å². The highest BCUT2D eigenvalue weighted by atomic mass is 16.5. The van der Waals surface area contributed by atoms with Crippen molar-refractivity contribution in [2.75, 3.05) is 7.11 Å². The Balaban J connectivity index is 1.80. The molecule has 2 atom stereocenters. The highest BCUT2D eigenvalue weighted by Crippen LogP contribution is 2.47. The minimum absolute atomic E-state index is 0.0667. The lowest BCUT2D eigenvalue weighted by Gasteiger charge is -2.34. The summed E-state index contributed by atoms with van der Waals surface area (Å²) >= 11 is 0. The lowest BCUT2D eigenvalue weighted by Crippen LogP contribution is -2.21. The molecule has 1 heterocycles. The van der Waals surface area contributed by atoms with Crippen LogP contribution in [0.5, 0.6) is 11.5 Å². The lowest BCUT2D eigenvalue weighted by molar-refractivity contribution is 0.167. The molecule has 0 radical (unpaired) electrons. The molecule has 0 N–H and O–H groups in total. The smallest absolute Gasteiger partial charge is 0.125 e. The number of benzene rings is 3. The van der Waals surface area contributed by atoms with Crippen LogP contribution in [0.1, 0.15) is 46.3 Å². The molecule has 1 aliphatic heterocycles. The van der Waals surface area contributed by atoms with Gasteiger partial charge >= 0.3 is 0 Å². The Morgan fingerprint density at radius 1 is 0.885 bits per heavy atom. The van der Waals surface area contributed by atoms with E-state index in [2.05, 4.69) is 68.4 Å². The van der Waals surface area contributed by atoms with Crippen molar-refractivity contribution in [1.29, 1.82) is 0 Å². The van der Waals surface area contributed by atoms with Crippen LogP contribution in [-0.2, 0) is 0 Å². The maximum Gasteiger partial charge on any atom is 0.125 e. The van der Waals surface area contributed by atoms with Crippen LogP contribution in [0.4, 0.5) is 0 Å². The quantitative estimate of drug-likeness (QED) is 0.583. The van der Waals surface area contributed by atoms with Crippen LogP contribution in [0.3, 0.4) is 0 Å². The SMILES string of the molecule is COc1ccc([C@@H]2C[C@@H](c3ccccc3)Oc3cc(C)cc(C)c32)cc1. The van der Waals surface area contributed by atoms with Gasteiger partial charge in [0.15, 0.2) is 0 Å². The minimum atomic E-state index is 0.0667. The standard InChI is InChI=1S/C24H24O2/c1-16-13-17(2)24-21(18-9-11-20(25-3)12-10-18)15-22(26-23(24)14-16)19-7-5-4-6-8-19/h4-14,21-22H,15H2,1-3H3/t21-,22-/m0/s1. The van der Waals surface area contributed by atoms with Gasteiger partial charge in [0, 0.05) is 11.5 Å². The number of hydrogen-bond donors (Lipinski definition) is 0. The van der Waals surface area contributed by atoms with Gasteiger partial charge in [-0.25, -0.2) is 0 Å². The fraction of sp³-hybridized carbons (Fsp3) is 0.250. The Bertz CT molecular complexity index is 897. The van der Waals surface area contributed by atoms with E-state index in [4.69, 9.17) is 9.47 Å². The molecule has 2 heteroatoms. The summed E-state index contributed by atoms with van der Waals surface area (Å²) in [6.07, 6.45) is 1.00. The van der Waals surface area contributed by atoms with Crippen molar-refractivity contribution in [3.05, 3.63) is 94.5 Å². The van der Waals surface area contributed by atoms with Crippen LogP contribution >= 0.6 is 0 Å². The minimum Gasteiger partial charge on any atom is -0.497 e. The molecule has 2 nitrogen and oxygen atoms in total. The van der Waals surface area contributed by atoms with Crippen molar-refractivity contribution < 1.29 is 9.47 Å². The molecule has 0 aromatic heterocycles. The van der Waals surface area contributed by atoms with Gasteiger partial charge in [0.25, 0.3) is 0 Å². The van der Waals surface area contributed by atoms with Crippen LogP contribution in [0.15, 0.2) is 66.7 Å². The molecule has 0 fully saturated rings. The maximum atomic E-state index is 6.45. The largest absolute Gasteiger partial charge is 0.497 e. The third-order valence-electron chi connectivity index (χ3n) is 5.25. The molecule has 26 heavy (non-hydrogen) atoms. The van der Waals surface area contributed by atoms with Crippen molar-refractivity contribution in [1.82, 2.24) is 0 Å². The van der Waals surface area contributed by atoms with Gasteiger partial charge in [0.1, 0.15) is 17.6 Å². The van der Waals surface area contributed by atoms with Crippen molar-refractivity contribution in [3.8, 4) is 11.5 Å². The molecule has 0 spiro atoms. The molecule has 132 valence electrons. The van der Waals surface area contributed by atoms with Gasteiger partial charge in [-0.2, -0.15) is 0 Å². The van der Waals surface area contributed by atoms with E-state index in [1.807, 2.05) is 12.1 Å². The van der Waals surface area contributed by atoms with Crippen LogP contribution in [0.2, 0.25) is 0 Å². The molecule has 3 aromatic carbocycles. The van der Waals surface area contributed by atoms with Crippen molar-refractivity contribution in [3.63, 3.8) is 0 Å². The summed E-state index contributed by atoms with van der Waals surface area (Å²) < 4.78 is 11.8. The first-order valence-corrected chi connectivity index (χ1v) is 9.12. The number of hydrogen-bond acceptors (Lipinski definition) is 2. The molecule has 0 saturated carbocycles. The number of rotatable bonds is 3. The zero-order valence-electron chi connectivity index (χ0n) is 15.5. The van der Waals surface area contributed by atoms with Gasteiger partial charge < -0.3 is 9.47 Å². The third-order valence-corrected chi connectivity index (χ3v) is 5.25. The van der Waals surface area contributed by atoms with Crippen LogP contribution in [0, 0.1) is 13.8 Å². The molecule has 4 rings (SSSR count). The first-order chi connectivity index (χ1) is 12.7. The van der Waals surface area contributed by atoms with E-state index in [0.717, 1.165) is 17.9 Å². The fourth-order valence-electron chi connectivity index (χ4n) is 4.03. The van der Waals surface area contributed by atoms with E-state index < -0.39 is 0 Å². The van der Waals surface area contributed by atoms with E-state index in [9.17, 15) is 0 Å². The predicted molar refractivity (Wildman–Crippen MR) is 105 cm³/mol. The Kier molecular flexibility index (Phi) is 4.42. The Hall–Kier alpha value is -2.74. The summed E-state index contributed by atoms with van der Waals surface area (Å²) in [5, 5.41) is 0. The third kappa shape index (κ3) is 3.08. The Morgan fingerprint density at radius 2 is 1.62 bits per heavy atom. The van der Waals surface area contributed by atoms with Crippen LogP contribution in [0.25, 0.3) is 0 Å². The van der Waals surface area contributed by atoms with E-state index in [1.54, 1.807) is 7.11 Å². The van der Waals surface area contributed by atoms with Gasteiger partial charge in [-0.1, -0.05) is 48.5 Å². The van der Waals surface area contributed by atoms with Gasteiger partial charge in [-0.15, -0.1) is 0 Å². The second kappa shape index (κ2) is 6.87. The normalized spacial score (nSPS) is 18.7. The number of methoxy groups -OCH3 is 1. The fourth-order valence-corrected chi connectivity index (χ4v) is 4.03. The second-order valence-electron chi connectivity index (χ2n) is 7.07. The molecular formula is C24H24O2. The summed E-state index contributed by atoms with van der Waals surface area (Å²) in [5.74, 6) is 2.22. The molecule has 0 saturated heterocycles. The van der Waals surface area contributed by atoms with E-state index >= 15 is 0 Å². The van der Waals surface area contributed by atoms with E-state index in [-0.39, 0.29) is 6.10 Å². The summed E-state index contributed by atoms with van der Waals surface area (Å²) in [6.45, 7) is 4.32. The van der Waals surface area contributed by atoms with Crippen molar-refractivity contribution in [2.24, 2.45) is 0 Å². The highest BCUT2D eigenvalue weighted by molar-refractivity contribution is 5.51. The highest BCUT2D eigenvalue weighted by Gasteiger charge is 2.31. The van der Waals surface area contributed by atoms with E-state index in [0.29, 0.717) is 5.92 Å². The van der Waals surface area contributed by atoms with Crippen molar-refractivity contribution >= 4 is 0 Å². The van der Waals surface area contributed by atoms with E-state index in [1.165, 1.54) is 27.8 Å². The predicted octanol–water partition coefficient (Wildman–Crippen LogP) is 5.97. The maximum absolute atomic E-state index is 6.45. The van der Waals surface area contributed by atoms with Gasteiger partial charge in [0.05, 0.1) is 7.11 Å². The first kappa shape index (κ1) is 16.7. The number of fused-ring (bicyclic) bond motifs is 1. The van der Waals surface area contributed by atoms with Gasteiger partial charge in [0.2, 0.25) is 0 Å². The summed E-state index contributed by atoms with van der Waals surface area (Å²) in [6, 6.07) is 23.4. The first-order valence-electron chi connectivity index (χ1n) is 9.12. The number of aryl methyl sites for hydroxylation is 2. The van der Waals surface area contributed by atoms with Crippen LogP contribution < -0.4 is 9.47 Å². The molecule has 0 aliphatic carbocycles. The molecule has 0 bridgehead atoms. The monoisotopic (exact) mass is 344 g/mol. The molecule has 0 amide bonds. The lowest BCUT2D eigenvalue weighted by atomic mass is 9.80. The zero-order chi connectivity index (χ0) is 18.1. The zero-order valence-corrected chi connectivity index (χ0v) is 15.5. The topological polar surface area (TPSA) is 18.5 Å². The Labute approximate surface area is 155 Å².